The van der Waals surface area contributed by atoms with Crippen molar-refractivity contribution in [2.45, 2.75) is 58.3 Å². The zero-order valence-electron chi connectivity index (χ0n) is 16.7. The number of rotatable bonds is 5. The van der Waals surface area contributed by atoms with Gasteiger partial charge in [-0.3, -0.25) is 4.79 Å². The standard InChI is InChI=1S/C22H30N4OS/c1-16-15-23-22(28-16)25-20-9-5-8-19(24-20)14-17-10-12-26(13-11-17)21(27)18-6-3-2-4-7-18/h5,8-9,15,17-18H,2-4,6-7,10-14H2,1H3,(H,23,24,25). The van der Waals surface area contributed by atoms with Gasteiger partial charge in [0, 0.05) is 35.8 Å². The fourth-order valence-electron chi connectivity index (χ4n) is 4.45. The second kappa shape index (κ2) is 9.03. The van der Waals surface area contributed by atoms with Crippen LogP contribution in [-0.4, -0.2) is 33.9 Å². The average Bonchev–Trinajstić information content (AvgIpc) is 3.13. The summed E-state index contributed by atoms with van der Waals surface area (Å²) in [7, 11) is 0. The first-order chi connectivity index (χ1) is 13.7. The fraction of sp³-hybridized carbons (Fsp3) is 0.591. The first kappa shape index (κ1) is 19.4. The van der Waals surface area contributed by atoms with Crippen molar-refractivity contribution in [2.24, 2.45) is 11.8 Å². The van der Waals surface area contributed by atoms with E-state index in [-0.39, 0.29) is 0 Å². The summed E-state index contributed by atoms with van der Waals surface area (Å²) in [4.78, 5) is 25.2. The van der Waals surface area contributed by atoms with E-state index in [0.29, 0.717) is 17.7 Å². The predicted octanol–water partition coefficient (Wildman–Crippen LogP) is 4.95. The van der Waals surface area contributed by atoms with Gasteiger partial charge in [-0.05, 0) is 57.1 Å². The van der Waals surface area contributed by atoms with E-state index in [2.05, 4.69) is 34.3 Å². The van der Waals surface area contributed by atoms with Crippen LogP contribution in [0.1, 0.15) is 55.5 Å². The minimum absolute atomic E-state index is 0.296. The third-order valence-corrected chi connectivity index (χ3v) is 6.87. The van der Waals surface area contributed by atoms with Crippen molar-refractivity contribution in [3.63, 3.8) is 0 Å². The molecule has 1 aliphatic carbocycles. The van der Waals surface area contributed by atoms with Crippen LogP contribution in [0.25, 0.3) is 0 Å². The molecule has 2 aromatic heterocycles. The molecule has 1 aliphatic heterocycles. The van der Waals surface area contributed by atoms with Crippen molar-refractivity contribution >= 4 is 28.2 Å². The molecule has 2 aromatic rings. The zero-order valence-corrected chi connectivity index (χ0v) is 17.5. The van der Waals surface area contributed by atoms with E-state index in [9.17, 15) is 4.79 Å². The van der Waals surface area contributed by atoms with Gasteiger partial charge in [-0.2, -0.15) is 0 Å². The Balaban J connectivity index is 1.28. The first-order valence-electron chi connectivity index (χ1n) is 10.6. The fourth-order valence-corrected chi connectivity index (χ4v) is 5.12. The Morgan fingerprint density at radius 3 is 2.68 bits per heavy atom. The number of thiazole rings is 1. The molecule has 1 saturated heterocycles. The Bertz CT molecular complexity index is 791. The van der Waals surface area contributed by atoms with E-state index in [1.54, 1.807) is 11.3 Å². The van der Waals surface area contributed by atoms with Gasteiger partial charge in [0.15, 0.2) is 5.13 Å². The average molecular weight is 399 g/mol. The maximum absolute atomic E-state index is 12.7. The maximum Gasteiger partial charge on any atom is 0.225 e. The number of pyridine rings is 1. The molecule has 2 fully saturated rings. The normalized spacial score (nSPS) is 19.0. The van der Waals surface area contributed by atoms with E-state index in [4.69, 9.17) is 4.98 Å². The molecule has 150 valence electrons. The van der Waals surface area contributed by atoms with Gasteiger partial charge in [-0.15, -0.1) is 11.3 Å². The van der Waals surface area contributed by atoms with E-state index in [1.165, 1.54) is 24.1 Å². The highest BCUT2D eigenvalue weighted by atomic mass is 32.1. The largest absolute Gasteiger partial charge is 0.342 e. The van der Waals surface area contributed by atoms with Gasteiger partial charge < -0.3 is 10.2 Å². The number of piperidine rings is 1. The number of hydrogen-bond donors (Lipinski definition) is 1. The van der Waals surface area contributed by atoms with Crippen LogP contribution in [0.5, 0.6) is 0 Å². The van der Waals surface area contributed by atoms with Gasteiger partial charge in [0.05, 0.1) is 0 Å². The van der Waals surface area contributed by atoms with Gasteiger partial charge >= 0.3 is 0 Å². The Morgan fingerprint density at radius 1 is 1.18 bits per heavy atom. The van der Waals surface area contributed by atoms with Crippen LogP contribution in [-0.2, 0) is 11.2 Å². The number of carbonyl (C=O) groups is 1. The number of nitrogens with one attached hydrogen (secondary N) is 1. The van der Waals surface area contributed by atoms with E-state index < -0.39 is 0 Å². The van der Waals surface area contributed by atoms with Crippen LogP contribution in [0, 0.1) is 18.8 Å². The Morgan fingerprint density at radius 2 is 1.96 bits per heavy atom. The van der Waals surface area contributed by atoms with Crippen molar-refractivity contribution in [3.8, 4) is 0 Å². The number of aryl methyl sites for hydroxylation is 1. The molecule has 0 spiro atoms. The molecule has 0 unspecified atom stereocenters. The molecule has 6 heteroatoms. The summed E-state index contributed by atoms with van der Waals surface area (Å²) in [6, 6.07) is 6.16. The zero-order chi connectivity index (χ0) is 19.3. The SMILES string of the molecule is Cc1cnc(Nc2cccc(CC3CCN(C(=O)C4CCCCC4)CC3)n2)s1. The van der Waals surface area contributed by atoms with Crippen molar-refractivity contribution < 1.29 is 4.79 Å². The van der Waals surface area contributed by atoms with Crippen molar-refractivity contribution in [1.29, 1.82) is 0 Å². The van der Waals surface area contributed by atoms with E-state index in [0.717, 1.165) is 61.8 Å². The van der Waals surface area contributed by atoms with Gasteiger partial charge in [0.1, 0.15) is 5.82 Å². The number of aromatic nitrogens is 2. The molecule has 1 amide bonds. The summed E-state index contributed by atoms with van der Waals surface area (Å²) in [5, 5.41) is 4.19. The topological polar surface area (TPSA) is 58.1 Å². The lowest BCUT2D eigenvalue weighted by atomic mass is 9.86. The van der Waals surface area contributed by atoms with Crippen molar-refractivity contribution in [2.75, 3.05) is 18.4 Å². The van der Waals surface area contributed by atoms with E-state index in [1.807, 2.05) is 12.3 Å². The van der Waals surface area contributed by atoms with Gasteiger partial charge in [-0.1, -0.05) is 25.3 Å². The summed E-state index contributed by atoms with van der Waals surface area (Å²) in [6.45, 7) is 3.88. The molecular weight excluding hydrogens is 368 g/mol. The summed E-state index contributed by atoms with van der Waals surface area (Å²) in [5.41, 5.74) is 1.12. The number of carbonyl (C=O) groups excluding carboxylic acids is 1. The van der Waals surface area contributed by atoms with Crippen LogP contribution in [0.4, 0.5) is 10.9 Å². The molecule has 5 nitrogen and oxygen atoms in total. The smallest absolute Gasteiger partial charge is 0.225 e. The molecule has 2 aliphatic rings. The van der Waals surface area contributed by atoms with Gasteiger partial charge in [0.2, 0.25) is 5.91 Å². The lowest BCUT2D eigenvalue weighted by Gasteiger charge is -2.35. The molecule has 1 N–H and O–H groups in total. The molecule has 0 radical (unpaired) electrons. The van der Waals surface area contributed by atoms with Gasteiger partial charge in [0.25, 0.3) is 0 Å². The lowest BCUT2D eigenvalue weighted by Crippen LogP contribution is -2.42. The molecule has 28 heavy (non-hydrogen) atoms. The molecule has 4 rings (SSSR count). The molecule has 1 saturated carbocycles. The molecule has 0 aromatic carbocycles. The minimum atomic E-state index is 0.296. The highest BCUT2D eigenvalue weighted by Crippen LogP contribution is 2.28. The van der Waals surface area contributed by atoms with Crippen molar-refractivity contribution in [3.05, 3.63) is 35.0 Å². The van der Waals surface area contributed by atoms with Crippen LogP contribution < -0.4 is 5.32 Å². The summed E-state index contributed by atoms with van der Waals surface area (Å²) in [5.74, 6) is 2.18. The van der Waals surface area contributed by atoms with Crippen molar-refractivity contribution in [1.82, 2.24) is 14.9 Å². The van der Waals surface area contributed by atoms with Crippen LogP contribution in [0.2, 0.25) is 0 Å². The Hall–Kier alpha value is -1.95. The van der Waals surface area contributed by atoms with Gasteiger partial charge in [-0.25, -0.2) is 9.97 Å². The minimum Gasteiger partial charge on any atom is -0.342 e. The summed E-state index contributed by atoms with van der Waals surface area (Å²) >= 11 is 1.64. The van der Waals surface area contributed by atoms with E-state index >= 15 is 0 Å². The first-order valence-corrected chi connectivity index (χ1v) is 11.4. The number of likely N-dealkylation sites (tertiary alicyclic amines) is 1. The molecular formula is C22H30N4OS. The number of nitrogens with zero attached hydrogens (tertiary/aromatic N) is 3. The second-order valence-electron chi connectivity index (χ2n) is 8.22. The Kier molecular flexibility index (Phi) is 6.25. The predicted molar refractivity (Wildman–Crippen MR) is 114 cm³/mol. The third kappa shape index (κ3) is 4.90. The van der Waals surface area contributed by atoms with Crippen LogP contribution in [0.15, 0.2) is 24.4 Å². The number of anilines is 2. The molecule has 0 bridgehead atoms. The Labute approximate surface area is 171 Å². The highest BCUT2D eigenvalue weighted by molar-refractivity contribution is 7.15. The summed E-state index contributed by atoms with van der Waals surface area (Å²) < 4.78 is 0. The summed E-state index contributed by atoms with van der Waals surface area (Å²) in [6.07, 6.45) is 11.0. The van der Waals surface area contributed by atoms with Crippen LogP contribution in [0.3, 0.4) is 0 Å². The molecule has 0 atom stereocenters. The molecule has 3 heterocycles. The maximum atomic E-state index is 12.7. The second-order valence-corrected chi connectivity index (χ2v) is 9.46. The highest BCUT2D eigenvalue weighted by Gasteiger charge is 2.29. The quantitative estimate of drug-likeness (QED) is 0.774. The number of amides is 1. The van der Waals surface area contributed by atoms with Crippen LogP contribution >= 0.6 is 11.3 Å². The number of hydrogen-bond acceptors (Lipinski definition) is 5. The third-order valence-electron chi connectivity index (χ3n) is 6.04. The monoisotopic (exact) mass is 398 g/mol. The lowest BCUT2D eigenvalue weighted by molar-refractivity contribution is -0.138.